The Morgan fingerprint density at radius 2 is 1.72 bits per heavy atom. The highest BCUT2D eigenvalue weighted by Crippen LogP contribution is 2.43. The average Bonchev–Trinajstić information content (AvgIpc) is 3.15. The van der Waals surface area contributed by atoms with E-state index in [2.05, 4.69) is 5.32 Å². The molecular formula is C19H25NO3S2. The summed E-state index contributed by atoms with van der Waals surface area (Å²) < 4.78 is 5.79. The summed E-state index contributed by atoms with van der Waals surface area (Å²) >= 11 is 3.91. The molecule has 0 bridgehead atoms. The van der Waals surface area contributed by atoms with E-state index in [4.69, 9.17) is 4.74 Å². The highest BCUT2D eigenvalue weighted by Gasteiger charge is 2.24. The van der Waals surface area contributed by atoms with Crippen LogP contribution in [-0.2, 0) is 9.53 Å². The van der Waals surface area contributed by atoms with Gasteiger partial charge in [-0.3, -0.25) is 4.79 Å². The van der Waals surface area contributed by atoms with Gasteiger partial charge in [-0.05, 0) is 55.4 Å². The van der Waals surface area contributed by atoms with Gasteiger partial charge in [-0.1, -0.05) is 25.0 Å². The second-order valence-corrected chi connectivity index (χ2v) is 9.31. The molecule has 1 saturated heterocycles. The van der Waals surface area contributed by atoms with Crippen molar-refractivity contribution in [3.63, 3.8) is 0 Å². The summed E-state index contributed by atoms with van der Waals surface area (Å²) in [7, 11) is 0. The third kappa shape index (κ3) is 5.17. The second-order valence-electron chi connectivity index (χ2n) is 6.59. The highest BCUT2D eigenvalue weighted by molar-refractivity contribution is 8.16. The van der Waals surface area contributed by atoms with Gasteiger partial charge in [0.25, 0.3) is 5.91 Å². The summed E-state index contributed by atoms with van der Waals surface area (Å²) in [5.41, 5.74) is 1.73. The summed E-state index contributed by atoms with van der Waals surface area (Å²) in [4.78, 5) is 24.4. The Morgan fingerprint density at radius 3 is 2.36 bits per heavy atom. The van der Waals surface area contributed by atoms with E-state index >= 15 is 0 Å². The minimum absolute atomic E-state index is 0.202. The molecule has 1 aromatic rings. The van der Waals surface area contributed by atoms with Crippen LogP contribution in [0.2, 0.25) is 0 Å². The lowest BCUT2D eigenvalue weighted by molar-refractivity contribution is -0.129. The molecule has 4 nitrogen and oxygen atoms in total. The van der Waals surface area contributed by atoms with E-state index in [1.807, 2.05) is 35.7 Å². The Hall–Kier alpha value is -1.14. The van der Waals surface area contributed by atoms with Crippen molar-refractivity contribution in [2.24, 2.45) is 0 Å². The van der Waals surface area contributed by atoms with Crippen LogP contribution in [0.1, 0.15) is 59.5 Å². The van der Waals surface area contributed by atoms with Crippen LogP contribution < -0.4 is 5.32 Å². The van der Waals surface area contributed by atoms with E-state index in [0.717, 1.165) is 25.7 Å². The van der Waals surface area contributed by atoms with Crippen LogP contribution in [0.4, 0.5) is 0 Å². The molecule has 1 aliphatic carbocycles. The summed E-state index contributed by atoms with van der Waals surface area (Å²) in [5.74, 6) is 1.74. The van der Waals surface area contributed by atoms with Gasteiger partial charge in [-0.2, -0.15) is 0 Å². The van der Waals surface area contributed by atoms with Crippen molar-refractivity contribution in [2.75, 3.05) is 11.5 Å². The molecule has 1 aromatic carbocycles. The molecule has 1 saturated carbocycles. The molecule has 0 radical (unpaired) electrons. The zero-order valence-electron chi connectivity index (χ0n) is 14.5. The number of thioether (sulfide) groups is 2. The minimum Gasteiger partial charge on any atom is -0.449 e. The molecule has 0 unspecified atom stereocenters. The number of rotatable bonds is 5. The summed E-state index contributed by atoms with van der Waals surface area (Å²) in [5, 5.41) is 2.97. The number of carbonyl (C=O) groups excluding carboxylic acids is 2. The number of amides is 1. The number of benzene rings is 1. The van der Waals surface area contributed by atoms with E-state index in [9.17, 15) is 9.59 Å². The Balaban J connectivity index is 1.52. The standard InChI is InChI=1S/C19H25NO3S2/c1-13(17(21)20-16-5-2-3-6-16)23-18(22)14-7-9-15(10-8-14)19-24-11-4-12-25-19/h7-10,13,16,19H,2-6,11-12H2,1H3,(H,20,21)/t13-/m1/s1. The first-order valence-corrected chi connectivity index (χ1v) is 11.1. The van der Waals surface area contributed by atoms with Crippen molar-refractivity contribution >= 4 is 35.4 Å². The topological polar surface area (TPSA) is 55.4 Å². The monoisotopic (exact) mass is 379 g/mol. The van der Waals surface area contributed by atoms with Gasteiger partial charge in [0.05, 0.1) is 10.1 Å². The van der Waals surface area contributed by atoms with Gasteiger partial charge in [0.15, 0.2) is 6.10 Å². The van der Waals surface area contributed by atoms with Gasteiger partial charge in [-0.15, -0.1) is 23.5 Å². The van der Waals surface area contributed by atoms with Crippen molar-refractivity contribution in [3.8, 4) is 0 Å². The zero-order valence-corrected chi connectivity index (χ0v) is 16.2. The highest BCUT2D eigenvalue weighted by atomic mass is 32.2. The maximum Gasteiger partial charge on any atom is 0.338 e. The first-order chi connectivity index (χ1) is 12.1. The van der Waals surface area contributed by atoms with E-state index < -0.39 is 12.1 Å². The summed E-state index contributed by atoms with van der Waals surface area (Å²) in [6, 6.07) is 7.83. The van der Waals surface area contributed by atoms with E-state index in [0.29, 0.717) is 10.1 Å². The number of esters is 1. The quantitative estimate of drug-likeness (QED) is 0.779. The Morgan fingerprint density at radius 1 is 1.08 bits per heavy atom. The molecule has 2 aliphatic rings. The minimum atomic E-state index is -0.766. The fourth-order valence-corrected chi connectivity index (χ4v) is 6.02. The average molecular weight is 380 g/mol. The molecule has 0 spiro atoms. The molecule has 2 fully saturated rings. The fraction of sp³-hybridized carbons (Fsp3) is 0.579. The number of ether oxygens (including phenoxy) is 1. The predicted octanol–water partition coefficient (Wildman–Crippen LogP) is 4.16. The Kier molecular flexibility index (Phi) is 6.70. The smallest absolute Gasteiger partial charge is 0.338 e. The van der Waals surface area contributed by atoms with Crippen LogP contribution in [0.5, 0.6) is 0 Å². The first-order valence-electron chi connectivity index (χ1n) is 8.98. The third-order valence-corrected chi connectivity index (χ3v) is 7.62. The number of carbonyl (C=O) groups is 2. The van der Waals surface area contributed by atoms with Crippen molar-refractivity contribution in [3.05, 3.63) is 35.4 Å². The molecule has 1 aliphatic heterocycles. The van der Waals surface area contributed by atoms with Gasteiger partial charge >= 0.3 is 5.97 Å². The molecule has 1 N–H and O–H groups in total. The third-order valence-electron chi connectivity index (χ3n) is 4.60. The fourth-order valence-electron chi connectivity index (χ4n) is 3.13. The summed E-state index contributed by atoms with van der Waals surface area (Å²) in [6.45, 7) is 1.63. The van der Waals surface area contributed by atoms with Crippen molar-refractivity contribution < 1.29 is 14.3 Å². The van der Waals surface area contributed by atoms with Crippen LogP contribution in [0.3, 0.4) is 0 Å². The molecule has 0 aromatic heterocycles. The molecule has 1 amide bonds. The van der Waals surface area contributed by atoms with E-state index in [1.54, 1.807) is 19.1 Å². The van der Waals surface area contributed by atoms with Gasteiger partial charge in [0.1, 0.15) is 0 Å². The molecular weight excluding hydrogens is 354 g/mol. The largest absolute Gasteiger partial charge is 0.449 e. The maximum absolute atomic E-state index is 12.3. The lowest BCUT2D eigenvalue weighted by Gasteiger charge is -2.21. The van der Waals surface area contributed by atoms with Crippen molar-refractivity contribution in [1.29, 1.82) is 0 Å². The number of hydrogen-bond acceptors (Lipinski definition) is 5. The van der Waals surface area contributed by atoms with Crippen LogP contribution in [0, 0.1) is 0 Å². The second kappa shape index (κ2) is 8.99. The van der Waals surface area contributed by atoms with Gasteiger partial charge < -0.3 is 10.1 Å². The van der Waals surface area contributed by atoms with Crippen LogP contribution in [0.15, 0.2) is 24.3 Å². The van der Waals surface area contributed by atoms with E-state index in [1.165, 1.54) is 23.5 Å². The molecule has 1 heterocycles. The van der Waals surface area contributed by atoms with Gasteiger partial charge in [0, 0.05) is 6.04 Å². The zero-order chi connectivity index (χ0) is 17.6. The van der Waals surface area contributed by atoms with Gasteiger partial charge in [-0.25, -0.2) is 4.79 Å². The van der Waals surface area contributed by atoms with Gasteiger partial charge in [0.2, 0.25) is 0 Å². The lowest BCUT2D eigenvalue weighted by atomic mass is 10.1. The Labute approximate surface area is 157 Å². The predicted molar refractivity (Wildman–Crippen MR) is 104 cm³/mol. The normalized spacial score (nSPS) is 20.2. The first kappa shape index (κ1) is 18.6. The number of nitrogens with one attached hydrogen (secondary N) is 1. The van der Waals surface area contributed by atoms with E-state index in [-0.39, 0.29) is 11.9 Å². The Bertz CT molecular complexity index is 593. The van der Waals surface area contributed by atoms with Crippen LogP contribution >= 0.6 is 23.5 Å². The SMILES string of the molecule is C[C@@H](OC(=O)c1ccc(C2SCCCS2)cc1)C(=O)NC1CCCC1. The molecule has 25 heavy (non-hydrogen) atoms. The molecule has 1 atom stereocenters. The van der Waals surface area contributed by atoms with Crippen molar-refractivity contribution in [2.45, 2.75) is 55.8 Å². The molecule has 6 heteroatoms. The number of hydrogen-bond donors (Lipinski definition) is 1. The van der Waals surface area contributed by atoms with Crippen LogP contribution in [-0.4, -0.2) is 35.5 Å². The lowest BCUT2D eigenvalue weighted by Crippen LogP contribution is -2.40. The summed E-state index contributed by atoms with van der Waals surface area (Å²) in [6.07, 6.45) is 4.84. The molecule has 136 valence electrons. The maximum atomic E-state index is 12.3. The van der Waals surface area contributed by atoms with Crippen molar-refractivity contribution in [1.82, 2.24) is 5.32 Å². The van der Waals surface area contributed by atoms with Crippen LogP contribution in [0.25, 0.3) is 0 Å². The molecule has 3 rings (SSSR count).